The lowest BCUT2D eigenvalue weighted by Gasteiger charge is -2.05. The second kappa shape index (κ2) is 5.34. The van der Waals surface area contributed by atoms with E-state index in [1.165, 1.54) is 0 Å². The number of nitrogens with zero attached hydrogens (tertiary/aromatic N) is 4. The number of nitrogens with one attached hydrogen (secondary N) is 1. The summed E-state index contributed by atoms with van der Waals surface area (Å²) in [5.74, 6) is 1.50. The second-order valence-corrected chi connectivity index (χ2v) is 6.68. The minimum Gasteiger partial charge on any atom is -0.373 e. The Bertz CT molecular complexity index is 690. The van der Waals surface area contributed by atoms with Crippen LogP contribution in [0.5, 0.6) is 0 Å². The minimum atomic E-state index is 0.714. The molecule has 5 nitrogen and oxygen atoms in total. The second-order valence-electron chi connectivity index (χ2n) is 4.22. The summed E-state index contributed by atoms with van der Waals surface area (Å²) in [6.07, 6.45) is 3.74. The summed E-state index contributed by atoms with van der Waals surface area (Å²) in [5.41, 5.74) is 1.83. The molecule has 0 radical (unpaired) electrons. The third-order valence-corrected chi connectivity index (χ3v) is 4.40. The van der Waals surface area contributed by atoms with E-state index in [0.717, 1.165) is 25.7 Å². The highest BCUT2D eigenvalue weighted by Crippen LogP contribution is 2.31. The molecule has 0 unspecified atom stereocenters. The van der Waals surface area contributed by atoms with Crippen LogP contribution in [0.15, 0.2) is 34.4 Å². The van der Waals surface area contributed by atoms with Gasteiger partial charge in [-0.25, -0.2) is 9.97 Å². The highest BCUT2D eigenvalue weighted by Gasteiger charge is 2.11. The van der Waals surface area contributed by atoms with E-state index in [0.29, 0.717) is 5.82 Å². The van der Waals surface area contributed by atoms with Crippen LogP contribution in [-0.2, 0) is 7.05 Å². The molecule has 0 saturated carbocycles. The summed E-state index contributed by atoms with van der Waals surface area (Å²) in [6.45, 7) is 0. The molecule has 0 bridgehead atoms. The van der Waals surface area contributed by atoms with Gasteiger partial charge in [-0.15, -0.1) is 11.3 Å². The fraction of sp³-hybridized carbons (Fsp3) is 0.154. The van der Waals surface area contributed by atoms with Gasteiger partial charge in [0.25, 0.3) is 0 Å². The van der Waals surface area contributed by atoms with E-state index in [2.05, 4.69) is 36.3 Å². The molecule has 3 rings (SSSR count). The van der Waals surface area contributed by atoms with E-state index in [-0.39, 0.29) is 0 Å². The number of hydrogen-bond donors (Lipinski definition) is 1. The van der Waals surface area contributed by atoms with Crippen molar-refractivity contribution < 1.29 is 0 Å². The first-order valence-corrected chi connectivity index (χ1v) is 7.58. The predicted molar refractivity (Wildman–Crippen MR) is 84.8 cm³/mol. The zero-order chi connectivity index (χ0) is 14.1. The molecular weight excluding hydrogens is 338 g/mol. The van der Waals surface area contributed by atoms with Gasteiger partial charge in [0.15, 0.2) is 5.82 Å². The van der Waals surface area contributed by atoms with E-state index >= 15 is 0 Å². The Labute approximate surface area is 128 Å². The SMILES string of the molecule is CNc1cc(-c2cnn(C)c2)nc(-c2ccc(Br)s2)n1. The molecule has 0 fully saturated rings. The minimum absolute atomic E-state index is 0.714. The normalized spacial score (nSPS) is 10.8. The highest BCUT2D eigenvalue weighted by molar-refractivity contribution is 9.11. The standard InChI is InChI=1S/C13H12BrN5S/c1-15-12-5-9(8-6-16-19(2)7-8)17-13(18-12)10-3-4-11(14)20-10/h3-7H,1-2H3,(H,15,17,18). The lowest BCUT2D eigenvalue weighted by atomic mass is 10.2. The van der Waals surface area contributed by atoms with E-state index in [1.54, 1.807) is 22.2 Å². The fourth-order valence-corrected chi connectivity index (χ4v) is 3.14. The van der Waals surface area contributed by atoms with E-state index in [1.807, 2.05) is 38.5 Å². The van der Waals surface area contributed by atoms with Crippen molar-refractivity contribution in [2.45, 2.75) is 0 Å². The molecule has 0 atom stereocenters. The summed E-state index contributed by atoms with van der Waals surface area (Å²) < 4.78 is 2.83. The molecule has 1 N–H and O–H groups in total. The van der Waals surface area contributed by atoms with E-state index in [4.69, 9.17) is 0 Å². The van der Waals surface area contributed by atoms with Gasteiger partial charge >= 0.3 is 0 Å². The molecule has 0 aromatic carbocycles. The lowest BCUT2D eigenvalue weighted by molar-refractivity contribution is 0.768. The quantitative estimate of drug-likeness (QED) is 0.787. The first kappa shape index (κ1) is 13.3. The highest BCUT2D eigenvalue weighted by atomic mass is 79.9. The van der Waals surface area contributed by atoms with Crippen LogP contribution >= 0.6 is 27.3 Å². The van der Waals surface area contributed by atoms with Crippen LogP contribution in [-0.4, -0.2) is 26.8 Å². The number of halogens is 1. The van der Waals surface area contributed by atoms with Crippen molar-refractivity contribution in [1.82, 2.24) is 19.7 Å². The number of anilines is 1. The zero-order valence-corrected chi connectivity index (χ0v) is 13.4. The number of thiophene rings is 1. The van der Waals surface area contributed by atoms with Gasteiger partial charge in [0.1, 0.15) is 5.82 Å². The molecule has 0 aliphatic heterocycles. The molecule has 3 aromatic heterocycles. The van der Waals surface area contributed by atoms with Crippen LogP contribution in [0.2, 0.25) is 0 Å². The molecule has 0 saturated heterocycles. The van der Waals surface area contributed by atoms with Crippen LogP contribution < -0.4 is 5.32 Å². The number of aromatic nitrogens is 4. The van der Waals surface area contributed by atoms with Crippen molar-refractivity contribution >= 4 is 33.1 Å². The number of rotatable bonds is 3. The molecule has 0 aliphatic rings. The van der Waals surface area contributed by atoms with E-state index in [9.17, 15) is 0 Å². The largest absolute Gasteiger partial charge is 0.373 e. The Morgan fingerprint density at radius 3 is 2.75 bits per heavy atom. The third kappa shape index (κ3) is 2.59. The first-order valence-electron chi connectivity index (χ1n) is 5.97. The van der Waals surface area contributed by atoms with Crippen molar-refractivity contribution in [1.29, 1.82) is 0 Å². The summed E-state index contributed by atoms with van der Waals surface area (Å²) >= 11 is 5.08. The Kier molecular flexibility index (Phi) is 3.54. The van der Waals surface area contributed by atoms with Crippen molar-refractivity contribution in [3.8, 4) is 22.0 Å². The Balaban J connectivity index is 2.12. The average molecular weight is 350 g/mol. The van der Waals surface area contributed by atoms with Gasteiger partial charge in [-0.05, 0) is 28.1 Å². The van der Waals surface area contributed by atoms with Crippen molar-refractivity contribution in [2.24, 2.45) is 7.05 Å². The molecule has 0 amide bonds. The Morgan fingerprint density at radius 1 is 1.30 bits per heavy atom. The maximum absolute atomic E-state index is 4.63. The smallest absolute Gasteiger partial charge is 0.172 e. The van der Waals surface area contributed by atoms with Gasteiger partial charge < -0.3 is 5.32 Å². The fourth-order valence-electron chi connectivity index (χ4n) is 1.82. The summed E-state index contributed by atoms with van der Waals surface area (Å²) in [4.78, 5) is 10.2. The summed E-state index contributed by atoms with van der Waals surface area (Å²) in [6, 6.07) is 5.93. The van der Waals surface area contributed by atoms with Gasteiger partial charge in [0, 0.05) is 31.9 Å². The van der Waals surface area contributed by atoms with Crippen LogP contribution in [0.4, 0.5) is 5.82 Å². The number of hydrogen-bond acceptors (Lipinski definition) is 5. The molecular formula is C13H12BrN5S. The van der Waals surface area contributed by atoms with E-state index < -0.39 is 0 Å². The van der Waals surface area contributed by atoms with Crippen LogP contribution in [0, 0.1) is 0 Å². The van der Waals surface area contributed by atoms with Gasteiger partial charge in [0.05, 0.1) is 20.6 Å². The van der Waals surface area contributed by atoms with Crippen molar-refractivity contribution in [3.05, 3.63) is 34.4 Å². The molecule has 7 heteroatoms. The molecule has 3 heterocycles. The monoisotopic (exact) mass is 349 g/mol. The van der Waals surface area contributed by atoms with Gasteiger partial charge in [-0.3, -0.25) is 4.68 Å². The molecule has 0 spiro atoms. The summed E-state index contributed by atoms with van der Waals surface area (Å²) in [7, 11) is 3.74. The van der Waals surface area contributed by atoms with Crippen LogP contribution in [0.25, 0.3) is 22.0 Å². The molecule has 102 valence electrons. The van der Waals surface area contributed by atoms with Crippen LogP contribution in [0.1, 0.15) is 0 Å². The Morgan fingerprint density at radius 2 is 2.15 bits per heavy atom. The topological polar surface area (TPSA) is 55.6 Å². The summed E-state index contributed by atoms with van der Waals surface area (Å²) in [5, 5.41) is 7.26. The van der Waals surface area contributed by atoms with Gasteiger partial charge in [-0.1, -0.05) is 0 Å². The van der Waals surface area contributed by atoms with Crippen molar-refractivity contribution in [2.75, 3.05) is 12.4 Å². The number of aryl methyl sites for hydroxylation is 1. The van der Waals surface area contributed by atoms with Crippen LogP contribution in [0.3, 0.4) is 0 Å². The van der Waals surface area contributed by atoms with Gasteiger partial charge in [0.2, 0.25) is 0 Å². The first-order chi connectivity index (χ1) is 9.65. The molecule has 20 heavy (non-hydrogen) atoms. The Hall–Kier alpha value is -1.73. The van der Waals surface area contributed by atoms with Gasteiger partial charge in [-0.2, -0.15) is 5.10 Å². The molecule has 0 aliphatic carbocycles. The maximum atomic E-state index is 4.63. The maximum Gasteiger partial charge on any atom is 0.172 e. The molecule has 3 aromatic rings. The average Bonchev–Trinajstić information content (AvgIpc) is 3.07. The van der Waals surface area contributed by atoms with Crippen molar-refractivity contribution in [3.63, 3.8) is 0 Å². The predicted octanol–water partition coefficient (Wildman–Crippen LogP) is 3.41. The lowest BCUT2D eigenvalue weighted by Crippen LogP contribution is -1.97. The third-order valence-electron chi connectivity index (χ3n) is 2.78. The zero-order valence-electron chi connectivity index (χ0n) is 11.0.